The van der Waals surface area contributed by atoms with Gasteiger partial charge in [0.2, 0.25) is 5.91 Å². The summed E-state index contributed by atoms with van der Waals surface area (Å²) in [6.07, 6.45) is 7.32. The number of nitrogens with one attached hydrogen (secondary N) is 3. The minimum atomic E-state index is -1.07. The van der Waals surface area contributed by atoms with Crippen molar-refractivity contribution in [3.8, 4) is 0 Å². The lowest BCUT2D eigenvalue weighted by molar-refractivity contribution is -0.138. The van der Waals surface area contributed by atoms with Gasteiger partial charge in [-0.3, -0.25) is 14.9 Å². The molecule has 3 N–H and O–H groups in total. The largest absolute Gasteiger partial charge is 0.368 e. The Kier molecular flexibility index (Phi) is 6.42. The minimum absolute atomic E-state index is 0.00896. The van der Waals surface area contributed by atoms with E-state index in [4.69, 9.17) is 21.1 Å². The Balaban J connectivity index is 1.06. The van der Waals surface area contributed by atoms with Gasteiger partial charge in [0.05, 0.1) is 11.5 Å². The third-order valence-electron chi connectivity index (χ3n) is 8.29. The van der Waals surface area contributed by atoms with Crippen LogP contribution in [0.15, 0.2) is 0 Å². The smallest absolute Gasteiger partial charge is 0.250 e. The molecule has 1 saturated heterocycles. The van der Waals surface area contributed by atoms with Crippen LogP contribution >= 0.6 is 11.6 Å². The number of halogens is 2. The van der Waals surface area contributed by atoms with Crippen molar-refractivity contribution in [3.05, 3.63) is 0 Å². The number of carbonyl (C=O) groups excluding carboxylic acids is 2. The first-order valence-electron chi connectivity index (χ1n) is 12.3. The van der Waals surface area contributed by atoms with Gasteiger partial charge in [-0.15, -0.1) is 11.6 Å². The predicted molar refractivity (Wildman–Crippen MR) is 117 cm³/mol. The second-order valence-corrected chi connectivity index (χ2v) is 11.2. The fraction of sp³-hybridized carbons (Fsp3) is 0.913. The van der Waals surface area contributed by atoms with E-state index in [1.165, 1.54) is 12.8 Å². The molecule has 0 aromatic carbocycles. The summed E-state index contributed by atoms with van der Waals surface area (Å²) in [6, 6.07) is 0. The van der Waals surface area contributed by atoms with E-state index in [9.17, 15) is 14.0 Å². The van der Waals surface area contributed by atoms with E-state index >= 15 is 0 Å². The average Bonchev–Trinajstić information content (AvgIpc) is 3.52. The fourth-order valence-corrected chi connectivity index (χ4v) is 6.18. The number of alkyl halides is 2. The number of hydrogen-bond acceptors (Lipinski definition) is 5. The molecule has 2 amide bonds. The molecule has 5 saturated carbocycles. The van der Waals surface area contributed by atoms with Crippen LogP contribution < -0.4 is 16.0 Å². The van der Waals surface area contributed by atoms with Gasteiger partial charge in [-0.05, 0) is 70.1 Å². The van der Waals surface area contributed by atoms with Crippen molar-refractivity contribution < 1.29 is 23.5 Å². The molecular formula is C23H35ClFN3O4. The Morgan fingerprint density at radius 3 is 2.31 bits per heavy atom. The predicted octanol–water partition coefficient (Wildman–Crippen LogP) is 2.30. The highest BCUT2D eigenvalue weighted by Gasteiger charge is 2.51. The second kappa shape index (κ2) is 9.01. The first-order valence-corrected chi connectivity index (χ1v) is 12.7. The van der Waals surface area contributed by atoms with Crippen molar-refractivity contribution in [2.24, 2.45) is 5.92 Å². The summed E-state index contributed by atoms with van der Waals surface area (Å²) in [4.78, 5) is 25.4. The summed E-state index contributed by atoms with van der Waals surface area (Å²) in [5, 5.41) is 9.38. The number of fused-ring (bicyclic) bond motifs is 3. The van der Waals surface area contributed by atoms with E-state index in [1.54, 1.807) is 0 Å². The van der Waals surface area contributed by atoms with Gasteiger partial charge in [0.25, 0.3) is 5.91 Å². The van der Waals surface area contributed by atoms with Crippen molar-refractivity contribution in [2.75, 3.05) is 13.2 Å². The van der Waals surface area contributed by atoms with Gasteiger partial charge in [-0.2, -0.15) is 0 Å². The molecule has 1 aliphatic heterocycles. The number of amides is 2. The number of rotatable bonds is 7. The Bertz CT molecular complexity index is 712. The van der Waals surface area contributed by atoms with Crippen molar-refractivity contribution >= 4 is 23.4 Å². The van der Waals surface area contributed by atoms with Crippen LogP contribution in [0.1, 0.15) is 70.6 Å². The molecule has 6 fully saturated rings. The summed E-state index contributed by atoms with van der Waals surface area (Å²) < 4.78 is 25.4. The van der Waals surface area contributed by atoms with E-state index in [0.717, 1.165) is 38.5 Å². The number of hydrogen-bond donors (Lipinski definition) is 3. The van der Waals surface area contributed by atoms with Crippen molar-refractivity contribution in [1.82, 2.24) is 16.0 Å². The molecular weight excluding hydrogens is 437 g/mol. The SMILES string of the molecule is O=C(COC1CCC(Cl)C(F)C1)NC12CCC(NC(=O)C3CNC(C4CC4)O3)(CC1)CC2. The molecule has 9 heteroatoms. The highest BCUT2D eigenvalue weighted by Crippen LogP contribution is 2.47. The molecule has 32 heavy (non-hydrogen) atoms. The summed E-state index contributed by atoms with van der Waals surface area (Å²) in [5.74, 6) is 0.422. The van der Waals surface area contributed by atoms with E-state index in [-0.39, 0.29) is 48.3 Å². The van der Waals surface area contributed by atoms with Crippen LogP contribution in [0.4, 0.5) is 4.39 Å². The van der Waals surface area contributed by atoms with E-state index in [1.807, 2.05) is 0 Å². The van der Waals surface area contributed by atoms with Gasteiger partial charge in [-0.25, -0.2) is 4.39 Å². The molecule has 0 spiro atoms. The molecule has 5 atom stereocenters. The van der Waals surface area contributed by atoms with E-state index < -0.39 is 17.7 Å². The quantitative estimate of drug-likeness (QED) is 0.496. The molecule has 6 rings (SSSR count). The lowest BCUT2D eigenvalue weighted by Crippen LogP contribution is -2.65. The number of carbonyl (C=O) groups is 2. The van der Waals surface area contributed by atoms with Crippen LogP contribution in [0.3, 0.4) is 0 Å². The summed E-state index contributed by atoms with van der Waals surface area (Å²) >= 11 is 5.92. The maximum atomic E-state index is 13.8. The zero-order chi connectivity index (χ0) is 22.3. The molecule has 180 valence electrons. The van der Waals surface area contributed by atoms with Crippen LogP contribution in [0, 0.1) is 5.92 Å². The first-order chi connectivity index (χ1) is 15.4. The molecule has 0 aromatic heterocycles. The maximum Gasteiger partial charge on any atom is 0.250 e. The molecule has 5 aliphatic carbocycles. The van der Waals surface area contributed by atoms with Gasteiger partial charge < -0.3 is 20.1 Å². The summed E-state index contributed by atoms with van der Waals surface area (Å²) in [7, 11) is 0. The van der Waals surface area contributed by atoms with Gasteiger partial charge in [0.1, 0.15) is 19.0 Å². The van der Waals surface area contributed by atoms with E-state index in [0.29, 0.717) is 25.3 Å². The van der Waals surface area contributed by atoms with E-state index in [2.05, 4.69) is 16.0 Å². The molecule has 5 unspecified atom stereocenters. The van der Waals surface area contributed by atoms with Crippen molar-refractivity contribution in [3.63, 3.8) is 0 Å². The molecule has 0 radical (unpaired) electrons. The van der Waals surface area contributed by atoms with Gasteiger partial charge in [0.15, 0.2) is 6.10 Å². The first kappa shape index (κ1) is 22.8. The van der Waals surface area contributed by atoms with Crippen LogP contribution in [-0.4, -0.2) is 66.0 Å². The molecule has 7 nitrogen and oxygen atoms in total. The standard InChI is InChI=1S/C23H35ClFN3O4/c24-16-4-3-15(11-17(16)25)31-13-19(29)27-22-5-8-23(9-6-22,10-7-22)28-20(30)18-12-26-21(32-18)14-1-2-14/h14-18,21,26H,1-13H2,(H,27,29)(H,28,30). The Hall–Kier alpha value is -0.960. The zero-order valence-electron chi connectivity index (χ0n) is 18.5. The third kappa shape index (κ3) is 4.93. The van der Waals surface area contributed by atoms with Crippen LogP contribution in [0.5, 0.6) is 0 Å². The molecule has 0 aromatic rings. The maximum absolute atomic E-state index is 13.8. The topological polar surface area (TPSA) is 88.7 Å². The molecule has 1 heterocycles. The third-order valence-corrected chi connectivity index (χ3v) is 8.78. The average molecular weight is 472 g/mol. The normalized spacial score (nSPS) is 43.8. The Labute approximate surface area is 193 Å². The van der Waals surface area contributed by atoms with Crippen LogP contribution in [0.25, 0.3) is 0 Å². The fourth-order valence-electron chi connectivity index (χ4n) is 5.95. The van der Waals surface area contributed by atoms with Crippen molar-refractivity contribution in [2.45, 2.75) is 112 Å². The zero-order valence-corrected chi connectivity index (χ0v) is 19.3. The molecule has 6 aliphatic rings. The molecule has 2 bridgehead atoms. The minimum Gasteiger partial charge on any atom is -0.368 e. The highest BCUT2D eigenvalue weighted by atomic mass is 35.5. The van der Waals surface area contributed by atoms with Gasteiger partial charge in [0, 0.05) is 24.0 Å². The highest BCUT2D eigenvalue weighted by molar-refractivity contribution is 6.21. The lowest BCUT2D eigenvalue weighted by Gasteiger charge is -2.54. The van der Waals surface area contributed by atoms with Crippen molar-refractivity contribution in [1.29, 1.82) is 0 Å². The van der Waals surface area contributed by atoms with Gasteiger partial charge >= 0.3 is 0 Å². The van der Waals surface area contributed by atoms with Crippen LogP contribution in [0.2, 0.25) is 0 Å². The monoisotopic (exact) mass is 471 g/mol. The Morgan fingerprint density at radius 1 is 1.03 bits per heavy atom. The lowest BCUT2D eigenvalue weighted by atomic mass is 9.61. The summed E-state index contributed by atoms with van der Waals surface area (Å²) in [6.45, 7) is 0.543. The number of ether oxygens (including phenoxy) is 2. The Morgan fingerprint density at radius 2 is 1.69 bits per heavy atom. The summed E-state index contributed by atoms with van der Waals surface area (Å²) in [5.41, 5.74) is -0.400. The second-order valence-electron chi connectivity index (χ2n) is 10.7. The van der Waals surface area contributed by atoms with Gasteiger partial charge in [-0.1, -0.05) is 0 Å². The van der Waals surface area contributed by atoms with Crippen LogP contribution in [-0.2, 0) is 19.1 Å².